The first-order valence-electron chi connectivity index (χ1n) is 7.44. The molecule has 24 heavy (non-hydrogen) atoms. The molecule has 0 saturated heterocycles. The first-order valence-corrected chi connectivity index (χ1v) is 8.26. The highest BCUT2D eigenvalue weighted by Gasteiger charge is 2.29. The summed E-state index contributed by atoms with van der Waals surface area (Å²) >= 11 is -0.138. The summed E-state index contributed by atoms with van der Waals surface area (Å²) in [5.41, 5.74) is -1.63. The highest BCUT2D eigenvalue weighted by Crippen LogP contribution is 2.39. The summed E-state index contributed by atoms with van der Waals surface area (Å²) in [5.74, 6) is -0.449. The van der Waals surface area contributed by atoms with E-state index >= 15 is 0 Å². The van der Waals surface area contributed by atoms with E-state index in [9.17, 15) is 23.4 Å². The third-order valence-electron chi connectivity index (χ3n) is 4.05. The van der Waals surface area contributed by atoms with Gasteiger partial charge in [0.2, 0.25) is 0 Å². The molecule has 2 aromatic carbocycles. The molecule has 1 unspecified atom stereocenters. The summed E-state index contributed by atoms with van der Waals surface area (Å²) in [5, 5.41) is 22.8. The Balaban J connectivity index is 1.93. The Morgan fingerprint density at radius 2 is 1.71 bits per heavy atom. The average molecular weight is 355 g/mol. The Labute approximate surface area is 141 Å². The maximum Gasteiger partial charge on any atom is 0.446 e. The van der Waals surface area contributed by atoms with E-state index in [0.717, 1.165) is 23.2 Å². The predicted molar refractivity (Wildman–Crippen MR) is 86.5 cm³/mol. The van der Waals surface area contributed by atoms with Gasteiger partial charge in [0, 0.05) is 17.4 Å². The summed E-state index contributed by atoms with van der Waals surface area (Å²) in [7, 11) is 0. The number of hydrogen-bond acceptors (Lipinski definition) is 4. The summed E-state index contributed by atoms with van der Waals surface area (Å²) in [6.45, 7) is 1.35. The Kier molecular flexibility index (Phi) is 4.64. The van der Waals surface area contributed by atoms with Gasteiger partial charge in [0.25, 0.3) is 0 Å². The molecule has 0 amide bonds. The highest BCUT2D eigenvalue weighted by atomic mass is 32.2. The molecule has 1 aliphatic rings. The second kappa shape index (κ2) is 6.57. The maximum atomic E-state index is 12.4. The molecular formula is C17H16F3NO2S. The molecule has 0 fully saturated rings. The molecule has 1 heterocycles. The summed E-state index contributed by atoms with van der Waals surface area (Å²) < 4.78 is 37.3. The quantitative estimate of drug-likeness (QED) is 0.563. The van der Waals surface area contributed by atoms with Crippen molar-refractivity contribution in [1.29, 1.82) is 0 Å². The van der Waals surface area contributed by atoms with Crippen LogP contribution in [0, 0.1) is 0 Å². The standard InChI is InChI=1S/C17H16F3NO2S/c18-17(19,20)24-12-3-1-10(2-4-12)14-9-21-6-5-11-7-15(22)16(23)8-13(11)14/h1-4,7-8,14,21-23H,5-6,9H2. The number of phenolic OH excluding ortho intramolecular Hbond substituents is 2. The largest absolute Gasteiger partial charge is 0.504 e. The number of hydrogen-bond donors (Lipinski definition) is 3. The number of phenols is 2. The van der Waals surface area contributed by atoms with E-state index in [1.807, 2.05) is 0 Å². The van der Waals surface area contributed by atoms with E-state index in [1.54, 1.807) is 24.3 Å². The molecule has 1 aliphatic heterocycles. The second-order valence-electron chi connectivity index (χ2n) is 5.66. The first kappa shape index (κ1) is 17.0. The molecule has 3 rings (SSSR count). The van der Waals surface area contributed by atoms with Gasteiger partial charge in [0.15, 0.2) is 11.5 Å². The lowest BCUT2D eigenvalue weighted by Gasteiger charge is -2.19. The first-order chi connectivity index (χ1) is 11.3. The van der Waals surface area contributed by atoms with E-state index in [1.165, 1.54) is 12.1 Å². The van der Waals surface area contributed by atoms with Crippen LogP contribution in [0.15, 0.2) is 41.3 Å². The van der Waals surface area contributed by atoms with Gasteiger partial charge in [0.1, 0.15) is 0 Å². The Hall–Kier alpha value is -1.86. The van der Waals surface area contributed by atoms with Crippen molar-refractivity contribution in [2.45, 2.75) is 22.7 Å². The van der Waals surface area contributed by atoms with Crippen molar-refractivity contribution in [3.05, 3.63) is 53.1 Å². The molecule has 2 aromatic rings. The van der Waals surface area contributed by atoms with E-state index in [0.29, 0.717) is 13.0 Å². The SMILES string of the molecule is Oc1cc2c(cc1O)C(c1ccc(SC(F)(F)F)cc1)CNCC2. The molecule has 3 nitrogen and oxygen atoms in total. The van der Waals surface area contributed by atoms with Crippen LogP contribution >= 0.6 is 11.8 Å². The molecule has 3 N–H and O–H groups in total. The molecule has 0 aromatic heterocycles. The number of rotatable bonds is 2. The Bertz CT molecular complexity index is 732. The van der Waals surface area contributed by atoms with Crippen LogP contribution < -0.4 is 5.32 Å². The molecule has 7 heteroatoms. The number of thioether (sulfide) groups is 1. The molecule has 1 atom stereocenters. The third-order valence-corrected chi connectivity index (χ3v) is 4.79. The van der Waals surface area contributed by atoms with Crippen molar-refractivity contribution in [2.75, 3.05) is 13.1 Å². The van der Waals surface area contributed by atoms with Gasteiger partial charge in [-0.05, 0) is 65.7 Å². The molecular weight excluding hydrogens is 339 g/mol. The van der Waals surface area contributed by atoms with E-state index < -0.39 is 5.51 Å². The van der Waals surface area contributed by atoms with E-state index in [-0.39, 0.29) is 34.1 Å². The van der Waals surface area contributed by atoms with Crippen LogP contribution in [0.2, 0.25) is 0 Å². The highest BCUT2D eigenvalue weighted by molar-refractivity contribution is 8.00. The van der Waals surface area contributed by atoms with Gasteiger partial charge in [-0.15, -0.1) is 0 Å². The van der Waals surface area contributed by atoms with Crippen molar-refractivity contribution < 1.29 is 23.4 Å². The lowest BCUT2D eigenvalue weighted by molar-refractivity contribution is -0.0328. The van der Waals surface area contributed by atoms with Crippen LogP contribution in [-0.4, -0.2) is 28.8 Å². The smallest absolute Gasteiger partial charge is 0.446 e. The minimum atomic E-state index is -4.30. The number of halogens is 3. The van der Waals surface area contributed by atoms with Gasteiger partial charge in [-0.3, -0.25) is 0 Å². The summed E-state index contributed by atoms with van der Waals surface area (Å²) in [6.07, 6.45) is 0.710. The minimum absolute atomic E-state index is 0.0982. The second-order valence-corrected chi connectivity index (χ2v) is 6.80. The van der Waals surface area contributed by atoms with Gasteiger partial charge in [-0.25, -0.2) is 0 Å². The van der Waals surface area contributed by atoms with Gasteiger partial charge in [0.05, 0.1) is 0 Å². The lowest BCUT2D eigenvalue weighted by Crippen LogP contribution is -2.20. The zero-order valence-electron chi connectivity index (χ0n) is 12.6. The van der Waals surface area contributed by atoms with Crippen molar-refractivity contribution in [3.63, 3.8) is 0 Å². The van der Waals surface area contributed by atoms with Gasteiger partial charge < -0.3 is 15.5 Å². The maximum absolute atomic E-state index is 12.4. The monoisotopic (exact) mass is 355 g/mol. The molecule has 0 radical (unpaired) electrons. The average Bonchev–Trinajstić information content (AvgIpc) is 2.69. The molecule has 128 valence electrons. The van der Waals surface area contributed by atoms with Crippen LogP contribution in [0.4, 0.5) is 13.2 Å². The summed E-state index contributed by atoms with van der Waals surface area (Å²) in [6, 6.07) is 9.37. The van der Waals surface area contributed by atoms with Crippen molar-refractivity contribution >= 4 is 11.8 Å². The van der Waals surface area contributed by atoms with Gasteiger partial charge >= 0.3 is 5.51 Å². The fourth-order valence-electron chi connectivity index (χ4n) is 2.96. The third kappa shape index (κ3) is 3.79. The number of alkyl halides is 3. The molecule has 0 saturated carbocycles. The molecule has 0 aliphatic carbocycles. The molecule has 0 spiro atoms. The Morgan fingerprint density at radius 3 is 2.38 bits per heavy atom. The minimum Gasteiger partial charge on any atom is -0.504 e. The fourth-order valence-corrected chi connectivity index (χ4v) is 3.50. The zero-order valence-corrected chi connectivity index (χ0v) is 13.4. The summed E-state index contributed by atoms with van der Waals surface area (Å²) in [4.78, 5) is 0.140. The van der Waals surface area contributed by atoms with Crippen LogP contribution in [0.3, 0.4) is 0 Å². The number of nitrogens with one attached hydrogen (secondary N) is 1. The fraction of sp³-hybridized carbons (Fsp3) is 0.294. The van der Waals surface area contributed by atoms with Crippen molar-refractivity contribution in [1.82, 2.24) is 5.32 Å². The van der Waals surface area contributed by atoms with E-state index in [2.05, 4.69) is 5.32 Å². The Morgan fingerprint density at radius 1 is 1.04 bits per heavy atom. The molecule has 0 bridgehead atoms. The number of fused-ring (bicyclic) bond motifs is 1. The predicted octanol–water partition coefficient (Wildman–Crippen LogP) is 3.99. The van der Waals surface area contributed by atoms with Crippen LogP contribution in [0.25, 0.3) is 0 Å². The normalized spacial score (nSPS) is 18.0. The van der Waals surface area contributed by atoms with Gasteiger partial charge in [-0.1, -0.05) is 12.1 Å². The van der Waals surface area contributed by atoms with Crippen molar-refractivity contribution in [3.8, 4) is 11.5 Å². The van der Waals surface area contributed by atoms with Crippen LogP contribution in [0.1, 0.15) is 22.6 Å². The topological polar surface area (TPSA) is 52.5 Å². The van der Waals surface area contributed by atoms with E-state index in [4.69, 9.17) is 0 Å². The number of benzene rings is 2. The lowest BCUT2D eigenvalue weighted by atomic mass is 9.88. The van der Waals surface area contributed by atoms with Crippen molar-refractivity contribution in [2.24, 2.45) is 0 Å². The van der Waals surface area contributed by atoms with Crippen LogP contribution in [0.5, 0.6) is 11.5 Å². The van der Waals surface area contributed by atoms with Gasteiger partial charge in [-0.2, -0.15) is 13.2 Å². The number of aromatic hydroxyl groups is 2. The van der Waals surface area contributed by atoms with Crippen LogP contribution in [-0.2, 0) is 6.42 Å². The zero-order chi connectivity index (χ0) is 17.3.